The van der Waals surface area contributed by atoms with Gasteiger partial charge in [-0.05, 0) is 48.9 Å². The molecule has 0 atom stereocenters. The van der Waals surface area contributed by atoms with Gasteiger partial charge in [0.15, 0.2) is 0 Å². The van der Waals surface area contributed by atoms with Crippen LogP contribution in [-0.2, 0) is 14.8 Å². The first-order valence-electron chi connectivity index (χ1n) is 7.71. The summed E-state index contributed by atoms with van der Waals surface area (Å²) < 4.78 is 25.9. The van der Waals surface area contributed by atoms with E-state index in [1.165, 1.54) is 19.1 Å². The number of carbonyl (C=O) groups excluding carboxylic acids is 1. The molecule has 0 aliphatic carbocycles. The van der Waals surface area contributed by atoms with Gasteiger partial charge in [0.25, 0.3) is 11.6 Å². The minimum Gasteiger partial charge on any atom is -0.321 e. The number of amides is 1. The van der Waals surface area contributed by atoms with Crippen molar-refractivity contribution in [3.05, 3.63) is 63.7 Å². The number of rotatable bonds is 5. The number of non-ortho nitro benzene ring substituents is 1. The smallest absolute Gasteiger partial charge is 0.269 e. The van der Waals surface area contributed by atoms with Crippen LogP contribution in [0.3, 0.4) is 0 Å². The molecule has 1 amide bonds. The van der Waals surface area contributed by atoms with E-state index in [2.05, 4.69) is 10.0 Å². The second-order valence-electron chi connectivity index (χ2n) is 5.63. The molecule has 0 fully saturated rings. The normalized spacial score (nSPS) is 14.8. The largest absolute Gasteiger partial charge is 0.321 e. The number of sulfonamides is 1. The predicted molar refractivity (Wildman–Crippen MR) is 99.1 cm³/mol. The predicted octanol–water partition coefficient (Wildman–Crippen LogP) is 2.85. The highest BCUT2D eigenvalue weighted by Crippen LogP contribution is 2.35. The third-order valence-corrected chi connectivity index (χ3v) is 5.18. The molecule has 1 aliphatic heterocycles. The van der Waals surface area contributed by atoms with Gasteiger partial charge in [-0.3, -0.25) is 19.6 Å². The van der Waals surface area contributed by atoms with E-state index in [0.29, 0.717) is 28.1 Å². The van der Waals surface area contributed by atoms with Crippen LogP contribution in [0.15, 0.2) is 42.5 Å². The van der Waals surface area contributed by atoms with Crippen molar-refractivity contribution in [3.8, 4) is 0 Å². The summed E-state index contributed by atoms with van der Waals surface area (Å²) >= 11 is 0. The molecule has 0 unspecified atom stereocenters. The molecule has 8 nitrogen and oxygen atoms in total. The molecule has 0 saturated heterocycles. The average Bonchev–Trinajstić information content (AvgIpc) is 2.90. The van der Waals surface area contributed by atoms with Gasteiger partial charge in [0, 0.05) is 34.6 Å². The Bertz CT molecular complexity index is 1030. The number of anilines is 2. The van der Waals surface area contributed by atoms with Crippen molar-refractivity contribution in [1.82, 2.24) is 0 Å². The van der Waals surface area contributed by atoms with E-state index in [-0.39, 0.29) is 17.3 Å². The molecule has 2 aromatic rings. The third kappa shape index (κ3) is 3.57. The minimum atomic E-state index is -3.43. The first kappa shape index (κ1) is 17.6. The molecule has 1 aliphatic rings. The number of hydrogen-bond acceptors (Lipinski definition) is 5. The molecule has 0 spiro atoms. The number of fused-ring (bicyclic) bond motifs is 1. The standard InChI is InChI=1S/C17H15N3O5S/c1-2-26(24,25)19-12-5-8-16-14(10-12)15(17(21)18-16)9-11-3-6-13(7-4-11)20(22)23/h3-10,19H,2H2,1H3,(H,18,21)/b15-9-. The van der Waals surface area contributed by atoms with Crippen molar-refractivity contribution >= 4 is 44.6 Å². The Balaban J connectivity index is 1.98. The molecule has 2 N–H and O–H groups in total. The third-order valence-electron chi connectivity index (χ3n) is 3.87. The Morgan fingerprint density at radius 3 is 2.50 bits per heavy atom. The molecular weight excluding hydrogens is 358 g/mol. The lowest BCUT2D eigenvalue weighted by atomic mass is 10.0. The monoisotopic (exact) mass is 373 g/mol. The van der Waals surface area contributed by atoms with Crippen molar-refractivity contribution in [2.45, 2.75) is 6.92 Å². The molecule has 134 valence electrons. The van der Waals surface area contributed by atoms with Gasteiger partial charge in [-0.1, -0.05) is 0 Å². The van der Waals surface area contributed by atoms with E-state index >= 15 is 0 Å². The lowest BCUT2D eigenvalue weighted by Crippen LogP contribution is -2.14. The molecular formula is C17H15N3O5S. The summed E-state index contributed by atoms with van der Waals surface area (Å²) in [6, 6.07) is 10.6. The fourth-order valence-corrected chi connectivity index (χ4v) is 3.14. The summed E-state index contributed by atoms with van der Waals surface area (Å²) in [4.78, 5) is 22.5. The Kier molecular flexibility index (Phi) is 4.47. The summed E-state index contributed by atoms with van der Waals surface area (Å²) in [5.41, 5.74) is 2.42. The maximum Gasteiger partial charge on any atom is 0.269 e. The Morgan fingerprint density at radius 2 is 1.88 bits per heavy atom. The van der Waals surface area contributed by atoms with Gasteiger partial charge in [-0.15, -0.1) is 0 Å². The van der Waals surface area contributed by atoms with Crippen LogP contribution in [0, 0.1) is 10.1 Å². The van der Waals surface area contributed by atoms with E-state index in [1.807, 2.05) is 0 Å². The zero-order valence-electron chi connectivity index (χ0n) is 13.7. The van der Waals surface area contributed by atoms with Crippen LogP contribution in [-0.4, -0.2) is 25.0 Å². The van der Waals surface area contributed by atoms with E-state index in [4.69, 9.17) is 0 Å². The topological polar surface area (TPSA) is 118 Å². The van der Waals surface area contributed by atoms with Crippen molar-refractivity contribution in [1.29, 1.82) is 0 Å². The molecule has 0 aromatic heterocycles. The van der Waals surface area contributed by atoms with E-state index in [9.17, 15) is 23.3 Å². The SMILES string of the molecule is CCS(=O)(=O)Nc1ccc2c(c1)/C(=C/c1ccc([N+](=O)[O-])cc1)C(=O)N2. The van der Waals surface area contributed by atoms with Gasteiger partial charge >= 0.3 is 0 Å². The Morgan fingerprint density at radius 1 is 1.19 bits per heavy atom. The average molecular weight is 373 g/mol. The van der Waals surface area contributed by atoms with Crippen LogP contribution in [0.1, 0.15) is 18.1 Å². The van der Waals surface area contributed by atoms with Gasteiger partial charge in [0.1, 0.15) is 0 Å². The molecule has 3 rings (SSSR count). The number of hydrogen-bond donors (Lipinski definition) is 2. The van der Waals surface area contributed by atoms with E-state index in [0.717, 1.165) is 0 Å². The number of benzene rings is 2. The van der Waals surface area contributed by atoms with Crippen molar-refractivity contribution in [2.24, 2.45) is 0 Å². The molecule has 0 bridgehead atoms. The Labute approximate surface area is 149 Å². The minimum absolute atomic E-state index is 0.0420. The van der Waals surface area contributed by atoms with Gasteiger partial charge in [0.2, 0.25) is 10.0 Å². The van der Waals surface area contributed by atoms with Gasteiger partial charge in [-0.2, -0.15) is 0 Å². The fourth-order valence-electron chi connectivity index (χ4n) is 2.51. The zero-order valence-corrected chi connectivity index (χ0v) is 14.5. The lowest BCUT2D eigenvalue weighted by Gasteiger charge is -2.07. The zero-order chi connectivity index (χ0) is 18.9. The van der Waals surface area contributed by atoms with Gasteiger partial charge < -0.3 is 5.32 Å². The summed E-state index contributed by atoms with van der Waals surface area (Å²) in [6.45, 7) is 1.53. The van der Waals surface area contributed by atoms with Crippen molar-refractivity contribution in [3.63, 3.8) is 0 Å². The highest BCUT2D eigenvalue weighted by atomic mass is 32.2. The van der Waals surface area contributed by atoms with E-state index in [1.54, 1.807) is 36.4 Å². The van der Waals surface area contributed by atoms with Gasteiger partial charge in [-0.25, -0.2) is 8.42 Å². The number of nitrogens with one attached hydrogen (secondary N) is 2. The summed E-state index contributed by atoms with van der Waals surface area (Å²) in [5.74, 6) is -0.388. The maximum absolute atomic E-state index is 12.2. The first-order valence-corrected chi connectivity index (χ1v) is 9.37. The number of nitro benzene ring substituents is 1. The fraction of sp³-hybridized carbons (Fsp3) is 0.118. The van der Waals surface area contributed by atoms with Crippen LogP contribution < -0.4 is 10.0 Å². The quantitative estimate of drug-likeness (QED) is 0.475. The maximum atomic E-state index is 12.2. The van der Waals surface area contributed by atoms with Crippen LogP contribution in [0.4, 0.5) is 17.1 Å². The molecule has 9 heteroatoms. The summed E-state index contributed by atoms with van der Waals surface area (Å²) in [6.07, 6.45) is 1.60. The van der Waals surface area contributed by atoms with Crippen LogP contribution in [0.5, 0.6) is 0 Å². The van der Waals surface area contributed by atoms with Crippen LogP contribution in [0.25, 0.3) is 11.6 Å². The number of carbonyl (C=O) groups is 1. The number of nitrogens with zero attached hydrogens (tertiary/aromatic N) is 1. The molecule has 0 radical (unpaired) electrons. The van der Waals surface area contributed by atoms with Crippen LogP contribution >= 0.6 is 0 Å². The molecule has 1 heterocycles. The van der Waals surface area contributed by atoms with Crippen molar-refractivity contribution < 1.29 is 18.1 Å². The highest BCUT2D eigenvalue weighted by Gasteiger charge is 2.25. The molecule has 0 saturated carbocycles. The second-order valence-corrected chi connectivity index (χ2v) is 7.64. The van der Waals surface area contributed by atoms with Crippen molar-refractivity contribution in [2.75, 3.05) is 15.8 Å². The Hall–Kier alpha value is -3.20. The highest BCUT2D eigenvalue weighted by molar-refractivity contribution is 7.92. The number of nitro groups is 1. The first-order chi connectivity index (χ1) is 12.3. The van der Waals surface area contributed by atoms with Gasteiger partial charge in [0.05, 0.1) is 10.7 Å². The molecule has 2 aromatic carbocycles. The lowest BCUT2D eigenvalue weighted by molar-refractivity contribution is -0.384. The summed E-state index contributed by atoms with van der Waals surface area (Å²) in [5, 5.41) is 13.4. The molecule has 26 heavy (non-hydrogen) atoms. The second kappa shape index (κ2) is 6.60. The summed E-state index contributed by atoms with van der Waals surface area (Å²) in [7, 11) is -3.43. The van der Waals surface area contributed by atoms with E-state index < -0.39 is 14.9 Å². The van der Waals surface area contributed by atoms with Crippen LogP contribution in [0.2, 0.25) is 0 Å².